The fraction of sp³-hybridized carbons (Fsp3) is 0.544. The molecule has 0 spiro atoms. The molecule has 0 saturated heterocycles. The van der Waals surface area contributed by atoms with Gasteiger partial charge in [-0.05, 0) is 109 Å². The first kappa shape index (κ1) is 68.8. The third kappa shape index (κ3) is 57.7. The number of ether oxygens (including phenoxy) is 3. The van der Waals surface area contributed by atoms with Crippen LogP contribution in [0, 0.1) is 0 Å². The summed E-state index contributed by atoms with van der Waals surface area (Å²) < 4.78 is 16.7. The second-order valence-corrected chi connectivity index (χ2v) is 18.5. The maximum Gasteiger partial charge on any atom is 0.310 e. The summed E-state index contributed by atoms with van der Waals surface area (Å²) in [5, 5.41) is 0. The molecule has 0 heterocycles. The molecule has 0 aromatic heterocycles. The highest BCUT2D eigenvalue weighted by atomic mass is 16.6. The number of carbonyl (C=O) groups is 3. The minimum Gasteiger partial charge on any atom is -0.462 e. The van der Waals surface area contributed by atoms with E-state index in [-0.39, 0.29) is 38.0 Å². The van der Waals surface area contributed by atoms with Gasteiger partial charge in [0.15, 0.2) is 6.10 Å². The standard InChI is InChI=1S/C68H104O6/c1-4-7-10-13-16-19-22-25-27-28-29-30-31-32-33-34-35-36-37-38-39-40-42-43-46-49-52-55-58-61-67(70)73-64-65(63-72-66(69)60-57-54-51-48-45-24-21-18-15-12-9-6-3)74-68(71)62-59-56-53-50-47-44-41-26-23-20-17-14-11-8-5-2/h7-8,10-11,16-17,19-20,25-27,29-30,32-33,35-36,38-39,41-43,47,49-50,52,56,59,65H,4-6,9,12-15,18,21-24,28,31,34,37,40,44-46,48,51,53-55,57-58,60-64H2,1-3H3/b10-7-,11-8-,19-16-,20-17-,27-25-,30-29-,33-32-,36-35-,39-38-,41-26-,43-42-,50-47-,52-49-,59-56-. The Labute approximate surface area is 453 Å². The monoisotopic (exact) mass is 1020 g/mol. The van der Waals surface area contributed by atoms with Crippen LogP contribution in [0.25, 0.3) is 0 Å². The number of hydrogen-bond acceptors (Lipinski definition) is 6. The van der Waals surface area contributed by atoms with Crippen LogP contribution < -0.4 is 0 Å². The van der Waals surface area contributed by atoms with E-state index in [1.807, 2.05) is 6.08 Å². The van der Waals surface area contributed by atoms with Crippen LogP contribution in [0.2, 0.25) is 0 Å². The molecule has 1 atom stereocenters. The molecule has 0 aliphatic rings. The van der Waals surface area contributed by atoms with Crippen molar-refractivity contribution in [2.24, 2.45) is 0 Å². The predicted molar refractivity (Wildman–Crippen MR) is 320 cm³/mol. The largest absolute Gasteiger partial charge is 0.462 e. The zero-order valence-corrected chi connectivity index (χ0v) is 47.0. The smallest absolute Gasteiger partial charge is 0.310 e. The molecule has 0 rings (SSSR count). The minimum atomic E-state index is -0.863. The van der Waals surface area contributed by atoms with Crippen molar-refractivity contribution in [2.45, 2.75) is 226 Å². The van der Waals surface area contributed by atoms with Crippen molar-refractivity contribution in [3.05, 3.63) is 170 Å². The topological polar surface area (TPSA) is 78.9 Å². The van der Waals surface area contributed by atoms with Crippen molar-refractivity contribution in [1.29, 1.82) is 0 Å². The normalized spacial score (nSPS) is 13.4. The van der Waals surface area contributed by atoms with E-state index in [4.69, 9.17) is 14.2 Å². The number of allylic oxidation sites excluding steroid dienone is 27. The van der Waals surface area contributed by atoms with Gasteiger partial charge in [0.05, 0.1) is 6.42 Å². The summed E-state index contributed by atoms with van der Waals surface area (Å²) >= 11 is 0. The van der Waals surface area contributed by atoms with E-state index in [0.717, 1.165) is 109 Å². The van der Waals surface area contributed by atoms with E-state index in [0.29, 0.717) is 19.3 Å². The van der Waals surface area contributed by atoms with Gasteiger partial charge in [0.25, 0.3) is 0 Å². The first-order chi connectivity index (χ1) is 36.5. The van der Waals surface area contributed by atoms with Crippen LogP contribution in [0.1, 0.15) is 220 Å². The van der Waals surface area contributed by atoms with Gasteiger partial charge < -0.3 is 14.2 Å². The SMILES string of the molecule is CC/C=C\C/C=C\C/C=C\C/C=C\C/C=C\C/C=C\C/C=C\C/C=C\C/C=C\CCCC(=O)OCC(COC(=O)CCCCCCCCCCCCCC)OC(=O)C/C=C\C/C=C\C/C=C\C/C=C\C/C=C\CC. The lowest BCUT2D eigenvalue weighted by Crippen LogP contribution is -2.30. The zero-order valence-electron chi connectivity index (χ0n) is 47.0. The summed E-state index contributed by atoms with van der Waals surface area (Å²) in [5.74, 6) is -1.14. The van der Waals surface area contributed by atoms with Crippen LogP contribution in [0.3, 0.4) is 0 Å². The van der Waals surface area contributed by atoms with Gasteiger partial charge in [-0.25, -0.2) is 0 Å². The summed E-state index contributed by atoms with van der Waals surface area (Å²) in [4.78, 5) is 38.0. The summed E-state index contributed by atoms with van der Waals surface area (Å²) in [5.41, 5.74) is 0. The highest BCUT2D eigenvalue weighted by Crippen LogP contribution is 2.13. The average molecular weight is 1020 g/mol. The van der Waals surface area contributed by atoms with Gasteiger partial charge in [0, 0.05) is 12.8 Å². The number of esters is 3. The van der Waals surface area contributed by atoms with Crippen LogP contribution >= 0.6 is 0 Å². The summed E-state index contributed by atoms with van der Waals surface area (Å²) in [6.45, 7) is 6.25. The number of carbonyl (C=O) groups excluding carboxylic acids is 3. The summed E-state index contributed by atoms with van der Waals surface area (Å²) in [6.07, 6.45) is 89.5. The van der Waals surface area contributed by atoms with Crippen LogP contribution in [0.4, 0.5) is 0 Å². The number of rotatable bonds is 50. The molecule has 0 amide bonds. The van der Waals surface area contributed by atoms with Crippen LogP contribution in [0.5, 0.6) is 0 Å². The molecule has 6 nitrogen and oxygen atoms in total. The molecule has 1 unspecified atom stereocenters. The molecule has 0 aliphatic carbocycles. The van der Waals surface area contributed by atoms with Crippen molar-refractivity contribution in [2.75, 3.05) is 13.2 Å². The molecule has 0 aliphatic heterocycles. The van der Waals surface area contributed by atoms with E-state index >= 15 is 0 Å². The Morgan fingerprint density at radius 2 is 0.568 bits per heavy atom. The highest BCUT2D eigenvalue weighted by Gasteiger charge is 2.19. The molecule has 74 heavy (non-hydrogen) atoms. The molecular weight excluding hydrogens is 913 g/mol. The van der Waals surface area contributed by atoms with Gasteiger partial charge in [0.1, 0.15) is 13.2 Å². The Bertz CT molecular complexity index is 1740. The van der Waals surface area contributed by atoms with E-state index in [2.05, 4.69) is 179 Å². The lowest BCUT2D eigenvalue weighted by atomic mass is 10.0. The van der Waals surface area contributed by atoms with Gasteiger partial charge in [0.2, 0.25) is 0 Å². The fourth-order valence-electron chi connectivity index (χ4n) is 7.22. The summed E-state index contributed by atoms with van der Waals surface area (Å²) in [7, 11) is 0. The quantitative estimate of drug-likeness (QED) is 0.0261. The summed E-state index contributed by atoms with van der Waals surface area (Å²) in [6, 6.07) is 0. The van der Waals surface area contributed by atoms with Crippen LogP contribution in [-0.4, -0.2) is 37.2 Å². The lowest BCUT2D eigenvalue weighted by Gasteiger charge is -2.18. The van der Waals surface area contributed by atoms with Crippen LogP contribution in [0.15, 0.2) is 170 Å². The van der Waals surface area contributed by atoms with E-state index in [1.165, 1.54) is 57.8 Å². The number of hydrogen-bond donors (Lipinski definition) is 0. The molecule has 0 fully saturated rings. The van der Waals surface area contributed by atoms with E-state index in [9.17, 15) is 14.4 Å². The Balaban J connectivity index is 4.52. The van der Waals surface area contributed by atoms with Gasteiger partial charge in [-0.15, -0.1) is 0 Å². The van der Waals surface area contributed by atoms with Crippen molar-refractivity contribution in [3.63, 3.8) is 0 Å². The van der Waals surface area contributed by atoms with Gasteiger partial charge in [-0.3, -0.25) is 14.4 Å². The van der Waals surface area contributed by atoms with Crippen molar-refractivity contribution >= 4 is 17.9 Å². The molecule has 6 heteroatoms. The number of unbranched alkanes of at least 4 members (excludes halogenated alkanes) is 12. The van der Waals surface area contributed by atoms with Gasteiger partial charge in [-0.1, -0.05) is 262 Å². The van der Waals surface area contributed by atoms with E-state index in [1.54, 1.807) is 6.08 Å². The molecule has 0 aromatic rings. The predicted octanol–water partition coefficient (Wildman–Crippen LogP) is 19.9. The second-order valence-electron chi connectivity index (χ2n) is 18.5. The Morgan fingerprint density at radius 1 is 0.297 bits per heavy atom. The van der Waals surface area contributed by atoms with Gasteiger partial charge in [-0.2, -0.15) is 0 Å². The molecule has 412 valence electrons. The van der Waals surface area contributed by atoms with E-state index < -0.39 is 12.1 Å². The zero-order chi connectivity index (χ0) is 53.6. The van der Waals surface area contributed by atoms with Crippen molar-refractivity contribution < 1.29 is 28.6 Å². The average Bonchev–Trinajstić information content (AvgIpc) is 3.40. The molecule has 0 radical (unpaired) electrons. The third-order valence-corrected chi connectivity index (χ3v) is 11.5. The minimum absolute atomic E-state index is 0.0774. The molecule has 0 aromatic carbocycles. The Morgan fingerprint density at radius 3 is 0.892 bits per heavy atom. The van der Waals surface area contributed by atoms with Gasteiger partial charge >= 0.3 is 17.9 Å². The first-order valence-corrected chi connectivity index (χ1v) is 29.1. The molecule has 0 bridgehead atoms. The Kier molecular flexibility index (Phi) is 56.1. The molecular formula is C68H104O6. The maximum absolute atomic E-state index is 12.8. The Hall–Kier alpha value is -5.23. The fourth-order valence-corrected chi connectivity index (χ4v) is 7.22. The third-order valence-electron chi connectivity index (χ3n) is 11.5. The second kappa shape index (κ2) is 60.3. The van der Waals surface area contributed by atoms with Crippen molar-refractivity contribution in [3.8, 4) is 0 Å². The van der Waals surface area contributed by atoms with Crippen molar-refractivity contribution in [1.82, 2.24) is 0 Å². The highest BCUT2D eigenvalue weighted by molar-refractivity contribution is 5.72. The molecule has 0 saturated carbocycles. The lowest BCUT2D eigenvalue weighted by molar-refractivity contribution is -0.166. The first-order valence-electron chi connectivity index (χ1n) is 29.1. The molecule has 0 N–H and O–H groups in total. The maximum atomic E-state index is 12.8. The van der Waals surface area contributed by atoms with Crippen LogP contribution in [-0.2, 0) is 28.6 Å².